The van der Waals surface area contributed by atoms with Crippen molar-refractivity contribution < 1.29 is 9.53 Å². The highest BCUT2D eigenvalue weighted by Crippen LogP contribution is 2.13. The zero-order chi connectivity index (χ0) is 19.6. The molecule has 1 aromatic rings. The maximum atomic E-state index is 11.9. The van der Waals surface area contributed by atoms with Gasteiger partial charge in [0.2, 0.25) is 0 Å². The summed E-state index contributed by atoms with van der Waals surface area (Å²) < 4.78 is 5.36. The standard InChI is InChI=1S/C24H39BrO2/c1-2-3-4-5-6-7-8-9-10-11-12-13-14-15-20-27-24(26)23-18-16-22(21-25)17-19-23/h16-19H,2-15,20-21H2,1H3. The molecule has 0 aliphatic heterocycles. The van der Waals surface area contributed by atoms with Gasteiger partial charge in [-0.15, -0.1) is 0 Å². The maximum absolute atomic E-state index is 11.9. The van der Waals surface area contributed by atoms with Crippen LogP contribution in [0.1, 0.15) is 113 Å². The maximum Gasteiger partial charge on any atom is 0.338 e. The van der Waals surface area contributed by atoms with E-state index in [-0.39, 0.29) is 5.97 Å². The van der Waals surface area contributed by atoms with Crippen LogP contribution in [0.3, 0.4) is 0 Å². The summed E-state index contributed by atoms with van der Waals surface area (Å²) in [5.74, 6) is -0.203. The largest absolute Gasteiger partial charge is 0.462 e. The number of unbranched alkanes of at least 4 members (excludes halogenated alkanes) is 13. The van der Waals surface area contributed by atoms with Gasteiger partial charge in [-0.3, -0.25) is 0 Å². The molecule has 0 aliphatic carbocycles. The van der Waals surface area contributed by atoms with E-state index in [1.54, 1.807) is 0 Å². The molecule has 0 saturated carbocycles. The van der Waals surface area contributed by atoms with Crippen molar-refractivity contribution in [1.82, 2.24) is 0 Å². The van der Waals surface area contributed by atoms with Gasteiger partial charge in [0.25, 0.3) is 0 Å². The van der Waals surface area contributed by atoms with E-state index in [4.69, 9.17) is 4.74 Å². The number of esters is 1. The van der Waals surface area contributed by atoms with Gasteiger partial charge in [0.15, 0.2) is 0 Å². The smallest absolute Gasteiger partial charge is 0.338 e. The second kappa shape index (κ2) is 17.3. The Hall–Kier alpha value is -0.830. The molecule has 0 atom stereocenters. The third kappa shape index (κ3) is 13.1. The molecule has 0 bridgehead atoms. The molecule has 1 rings (SSSR count). The first-order valence-electron chi connectivity index (χ1n) is 11.1. The number of carbonyl (C=O) groups excluding carboxylic acids is 1. The van der Waals surface area contributed by atoms with Crippen LogP contribution in [-0.4, -0.2) is 12.6 Å². The summed E-state index contributed by atoms with van der Waals surface area (Å²) in [6.07, 6.45) is 18.7. The van der Waals surface area contributed by atoms with Gasteiger partial charge in [-0.05, 0) is 24.1 Å². The van der Waals surface area contributed by atoms with Crippen LogP contribution in [0.2, 0.25) is 0 Å². The highest BCUT2D eigenvalue weighted by atomic mass is 79.9. The van der Waals surface area contributed by atoms with Gasteiger partial charge in [0.1, 0.15) is 0 Å². The molecule has 3 heteroatoms. The van der Waals surface area contributed by atoms with Crippen molar-refractivity contribution in [3.63, 3.8) is 0 Å². The molecule has 154 valence electrons. The molecule has 0 saturated heterocycles. The fourth-order valence-corrected chi connectivity index (χ4v) is 3.65. The average molecular weight is 439 g/mol. The van der Waals surface area contributed by atoms with Crippen LogP contribution in [0.5, 0.6) is 0 Å². The Balaban J connectivity index is 1.85. The van der Waals surface area contributed by atoms with Crippen molar-refractivity contribution in [2.24, 2.45) is 0 Å². The molecule has 0 N–H and O–H groups in total. The second-order valence-electron chi connectivity index (χ2n) is 7.56. The molecule has 0 spiro atoms. The van der Waals surface area contributed by atoms with Gasteiger partial charge in [0, 0.05) is 5.33 Å². The molecule has 0 unspecified atom stereocenters. The molecule has 0 amide bonds. The predicted octanol–water partition coefficient (Wildman–Crippen LogP) is 8.22. The summed E-state index contributed by atoms with van der Waals surface area (Å²) in [5.41, 5.74) is 1.81. The number of hydrogen-bond donors (Lipinski definition) is 0. The highest BCUT2D eigenvalue weighted by molar-refractivity contribution is 9.08. The Bertz CT molecular complexity index is 470. The monoisotopic (exact) mass is 438 g/mol. The fourth-order valence-electron chi connectivity index (χ4n) is 3.27. The van der Waals surface area contributed by atoms with Crippen LogP contribution in [-0.2, 0) is 10.1 Å². The summed E-state index contributed by atoms with van der Waals surface area (Å²) in [6, 6.07) is 7.59. The lowest BCUT2D eigenvalue weighted by molar-refractivity contribution is 0.0497. The first-order valence-corrected chi connectivity index (χ1v) is 12.2. The molecule has 0 fully saturated rings. The Morgan fingerprint density at radius 3 is 1.63 bits per heavy atom. The lowest BCUT2D eigenvalue weighted by Crippen LogP contribution is -2.06. The number of alkyl halides is 1. The van der Waals surface area contributed by atoms with Crippen molar-refractivity contribution in [3.8, 4) is 0 Å². The number of carbonyl (C=O) groups is 1. The van der Waals surface area contributed by atoms with Gasteiger partial charge in [0.05, 0.1) is 12.2 Å². The SMILES string of the molecule is CCCCCCCCCCCCCCCCOC(=O)c1ccc(CBr)cc1. The Morgan fingerprint density at radius 1 is 0.741 bits per heavy atom. The Labute approximate surface area is 175 Å². The highest BCUT2D eigenvalue weighted by Gasteiger charge is 2.06. The third-order valence-electron chi connectivity index (χ3n) is 5.07. The minimum atomic E-state index is -0.203. The number of ether oxygens (including phenoxy) is 1. The molecule has 0 heterocycles. The van der Waals surface area contributed by atoms with E-state index in [2.05, 4.69) is 22.9 Å². The zero-order valence-electron chi connectivity index (χ0n) is 17.3. The quantitative estimate of drug-likeness (QED) is 0.139. The summed E-state index contributed by atoms with van der Waals surface area (Å²) in [4.78, 5) is 11.9. The van der Waals surface area contributed by atoms with Gasteiger partial charge in [-0.1, -0.05) is 118 Å². The zero-order valence-corrected chi connectivity index (χ0v) is 18.9. The Morgan fingerprint density at radius 2 is 1.19 bits per heavy atom. The van der Waals surface area contributed by atoms with Gasteiger partial charge >= 0.3 is 5.97 Å². The summed E-state index contributed by atoms with van der Waals surface area (Å²) in [7, 11) is 0. The van der Waals surface area contributed by atoms with Crippen LogP contribution in [0, 0.1) is 0 Å². The van der Waals surface area contributed by atoms with Gasteiger partial charge in [-0.2, -0.15) is 0 Å². The Kier molecular flexibility index (Phi) is 15.5. The number of hydrogen-bond acceptors (Lipinski definition) is 2. The van der Waals surface area contributed by atoms with E-state index in [1.165, 1.54) is 82.6 Å². The van der Waals surface area contributed by atoms with Crippen LogP contribution in [0.25, 0.3) is 0 Å². The van der Waals surface area contributed by atoms with E-state index in [0.717, 1.165) is 18.2 Å². The van der Waals surface area contributed by atoms with Crippen molar-refractivity contribution >= 4 is 21.9 Å². The van der Waals surface area contributed by atoms with Crippen LogP contribution in [0.4, 0.5) is 0 Å². The molecular formula is C24H39BrO2. The van der Waals surface area contributed by atoms with Crippen molar-refractivity contribution in [2.45, 2.75) is 102 Å². The number of rotatable bonds is 17. The van der Waals surface area contributed by atoms with Crippen LogP contribution in [0.15, 0.2) is 24.3 Å². The normalized spacial score (nSPS) is 10.9. The van der Waals surface area contributed by atoms with E-state index in [9.17, 15) is 4.79 Å². The first-order chi connectivity index (χ1) is 13.3. The minimum absolute atomic E-state index is 0.203. The fraction of sp³-hybridized carbons (Fsp3) is 0.708. The van der Waals surface area contributed by atoms with Crippen LogP contribution >= 0.6 is 15.9 Å². The number of benzene rings is 1. The first kappa shape index (κ1) is 24.2. The number of halogens is 1. The van der Waals surface area contributed by atoms with Crippen LogP contribution < -0.4 is 0 Å². The van der Waals surface area contributed by atoms with E-state index >= 15 is 0 Å². The molecule has 0 radical (unpaired) electrons. The minimum Gasteiger partial charge on any atom is -0.462 e. The lowest BCUT2D eigenvalue weighted by Gasteiger charge is -2.06. The molecule has 0 aromatic heterocycles. The topological polar surface area (TPSA) is 26.3 Å². The van der Waals surface area contributed by atoms with E-state index in [0.29, 0.717) is 12.2 Å². The second-order valence-corrected chi connectivity index (χ2v) is 8.12. The molecule has 1 aromatic carbocycles. The summed E-state index contributed by atoms with van der Waals surface area (Å²) in [6.45, 7) is 2.81. The predicted molar refractivity (Wildman–Crippen MR) is 120 cm³/mol. The molecule has 2 nitrogen and oxygen atoms in total. The van der Waals surface area contributed by atoms with E-state index in [1.807, 2.05) is 24.3 Å². The van der Waals surface area contributed by atoms with Crippen molar-refractivity contribution in [1.29, 1.82) is 0 Å². The molecule has 0 aliphatic rings. The van der Waals surface area contributed by atoms with E-state index < -0.39 is 0 Å². The summed E-state index contributed by atoms with van der Waals surface area (Å²) in [5, 5.41) is 0.807. The van der Waals surface area contributed by atoms with Crippen molar-refractivity contribution in [3.05, 3.63) is 35.4 Å². The van der Waals surface area contributed by atoms with Gasteiger partial charge < -0.3 is 4.74 Å². The molecular weight excluding hydrogens is 400 g/mol. The third-order valence-corrected chi connectivity index (χ3v) is 5.72. The lowest BCUT2D eigenvalue weighted by atomic mass is 10.0. The van der Waals surface area contributed by atoms with Crippen molar-refractivity contribution in [2.75, 3.05) is 6.61 Å². The van der Waals surface area contributed by atoms with Gasteiger partial charge in [-0.25, -0.2) is 4.79 Å². The summed E-state index contributed by atoms with van der Waals surface area (Å²) >= 11 is 3.41. The molecule has 27 heavy (non-hydrogen) atoms. The average Bonchev–Trinajstić information content (AvgIpc) is 2.70.